The maximum atomic E-state index is 13.5. The number of thioether (sulfide) groups is 1. The molecule has 3 rings (SSSR count). The van der Waals surface area contributed by atoms with Crippen LogP contribution in [0.1, 0.15) is 24.4 Å². The normalized spacial score (nSPS) is 14.4. The molecule has 1 fully saturated rings. The number of hydrogen-bond donors (Lipinski definition) is 0. The van der Waals surface area contributed by atoms with Gasteiger partial charge in [-0.05, 0) is 34.9 Å². The number of aromatic nitrogens is 4. The summed E-state index contributed by atoms with van der Waals surface area (Å²) < 4.78 is 15.3. The van der Waals surface area contributed by atoms with E-state index in [9.17, 15) is 14.5 Å². The summed E-state index contributed by atoms with van der Waals surface area (Å²) in [6.45, 7) is 0. The van der Waals surface area contributed by atoms with Crippen LogP contribution in [0.3, 0.4) is 0 Å². The lowest BCUT2D eigenvalue weighted by molar-refractivity contribution is -0.387. The zero-order chi connectivity index (χ0) is 14.1. The molecule has 0 atom stereocenters. The summed E-state index contributed by atoms with van der Waals surface area (Å²) in [6.07, 6.45) is 2.15. The number of nitrogens with zero attached hydrogens (tertiary/aromatic N) is 5. The minimum atomic E-state index is -0.824. The molecule has 2 aromatic rings. The van der Waals surface area contributed by atoms with E-state index in [2.05, 4.69) is 15.5 Å². The van der Waals surface area contributed by atoms with Crippen LogP contribution in [-0.2, 0) is 5.75 Å². The minimum absolute atomic E-state index is 0.376. The van der Waals surface area contributed by atoms with Gasteiger partial charge in [0, 0.05) is 11.8 Å². The van der Waals surface area contributed by atoms with Gasteiger partial charge in [-0.2, -0.15) is 4.39 Å². The Balaban J connectivity index is 1.70. The van der Waals surface area contributed by atoms with Crippen molar-refractivity contribution in [3.63, 3.8) is 0 Å². The largest absolute Gasteiger partial charge is 0.304 e. The third kappa shape index (κ3) is 2.62. The molecule has 1 heterocycles. The van der Waals surface area contributed by atoms with Crippen LogP contribution in [0.4, 0.5) is 10.1 Å². The standard InChI is InChI=1S/C11H10FN5O2S/c12-9-5-7(1-4-10(9)17(18)19)6-20-11-13-14-15-16(11)8-2-3-8/h1,4-5,8H,2-3,6H2. The molecule has 1 aliphatic rings. The molecule has 104 valence electrons. The molecule has 9 heteroatoms. The fourth-order valence-corrected chi connectivity index (χ4v) is 2.65. The average molecular weight is 295 g/mol. The number of nitro groups is 1. The van der Waals surface area contributed by atoms with E-state index in [1.165, 1.54) is 23.9 Å². The van der Waals surface area contributed by atoms with Crippen molar-refractivity contribution >= 4 is 17.4 Å². The predicted octanol–water partition coefficient (Wildman–Crippen LogP) is 2.35. The fourth-order valence-electron chi connectivity index (χ4n) is 1.76. The molecule has 0 saturated heterocycles. The highest BCUT2D eigenvalue weighted by atomic mass is 32.2. The lowest BCUT2D eigenvalue weighted by Crippen LogP contribution is -1.99. The van der Waals surface area contributed by atoms with E-state index in [-0.39, 0.29) is 0 Å². The number of rotatable bonds is 5. The van der Waals surface area contributed by atoms with Gasteiger partial charge in [0.1, 0.15) is 0 Å². The first-order valence-electron chi connectivity index (χ1n) is 5.98. The van der Waals surface area contributed by atoms with Gasteiger partial charge in [-0.1, -0.05) is 17.8 Å². The van der Waals surface area contributed by atoms with Crippen molar-refractivity contribution in [2.75, 3.05) is 0 Å². The fraction of sp³-hybridized carbons (Fsp3) is 0.364. The van der Waals surface area contributed by atoms with Crippen molar-refractivity contribution < 1.29 is 9.31 Å². The second-order valence-corrected chi connectivity index (χ2v) is 5.41. The Morgan fingerprint density at radius 1 is 1.50 bits per heavy atom. The molecule has 1 aliphatic carbocycles. The maximum absolute atomic E-state index is 13.5. The van der Waals surface area contributed by atoms with Crippen molar-refractivity contribution in [1.29, 1.82) is 0 Å². The van der Waals surface area contributed by atoms with Crippen molar-refractivity contribution in [2.45, 2.75) is 29.8 Å². The SMILES string of the molecule is O=[N+]([O-])c1ccc(CSc2nnnn2C2CC2)cc1F. The van der Waals surface area contributed by atoms with E-state index in [4.69, 9.17) is 0 Å². The molecule has 0 unspecified atom stereocenters. The number of nitro benzene ring substituents is 1. The molecule has 1 saturated carbocycles. The Morgan fingerprint density at radius 3 is 2.95 bits per heavy atom. The zero-order valence-electron chi connectivity index (χ0n) is 10.3. The van der Waals surface area contributed by atoms with E-state index in [1.54, 1.807) is 10.7 Å². The Labute approximate surface area is 117 Å². The van der Waals surface area contributed by atoms with Gasteiger partial charge in [0.25, 0.3) is 0 Å². The Morgan fingerprint density at radius 2 is 2.30 bits per heavy atom. The predicted molar refractivity (Wildman–Crippen MR) is 68.7 cm³/mol. The highest BCUT2D eigenvalue weighted by molar-refractivity contribution is 7.98. The number of tetrazole rings is 1. The molecule has 20 heavy (non-hydrogen) atoms. The maximum Gasteiger partial charge on any atom is 0.304 e. The summed E-state index contributed by atoms with van der Waals surface area (Å²) in [6, 6.07) is 4.27. The third-order valence-corrected chi connectivity index (χ3v) is 3.94. The molecule has 0 amide bonds. The van der Waals surface area contributed by atoms with Gasteiger partial charge in [0.2, 0.25) is 11.0 Å². The Hall–Kier alpha value is -2.03. The smallest absolute Gasteiger partial charge is 0.258 e. The van der Waals surface area contributed by atoms with E-state index in [1.807, 2.05) is 0 Å². The minimum Gasteiger partial charge on any atom is -0.258 e. The van der Waals surface area contributed by atoms with Crippen LogP contribution in [0.15, 0.2) is 23.4 Å². The lowest BCUT2D eigenvalue weighted by atomic mass is 10.2. The van der Waals surface area contributed by atoms with Gasteiger partial charge >= 0.3 is 5.69 Å². The van der Waals surface area contributed by atoms with Crippen LogP contribution in [0, 0.1) is 15.9 Å². The first kappa shape index (κ1) is 13.0. The van der Waals surface area contributed by atoms with E-state index in [0.717, 1.165) is 12.8 Å². The number of hydrogen-bond acceptors (Lipinski definition) is 6. The molecule has 7 nitrogen and oxygen atoms in total. The molecule has 0 spiro atoms. The molecule has 0 N–H and O–H groups in total. The van der Waals surface area contributed by atoms with Crippen LogP contribution < -0.4 is 0 Å². The van der Waals surface area contributed by atoms with Gasteiger partial charge in [0.15, 0.2) is 0 Å². The number of benzene rings is 1. The van der Waals surface area contributed by atoms with Gasteiger partial charge in [0.05, 0.1) is 11.0 Å². The summed E-state index contributed by atoms with van der Waals surface area (Å²) in [5, 5.41) is 22.7. The van der Waals surface area contributed by atoms with Crippen molar-refractivity contribution in [2.24, 2.45) is 0 Å². The molecular formula is C11H10FN5O2S. The highest BCUT2D eigenvalue weighted by Crippen LogP contribution is 2.37. The molecule has 0 aliphatic heterocycles. The van der Waals surface area contributed by atoms with Crippen LogP contribution in [0.25, 0.3) is 0 Å². The second-order valence-electron chi connectivity index (χ2n) is 4.47. The zero-order valence-corrected chi connectivity index (χ0v) is 11.1. The van der Waals surface area contributed by atoms with Gasteiger partial charge in [-0.3, -0.25) is 10.1 Å². The van der Waals surface area contributed by atoms with Gasteiger partial charge < -0.3 is 0 Å². The summed E-state index contributed by atoms with van der Waals surface area (Å²) in [7, 11) is 0. The van der Waals surface area contributed by atoms with Crippen molar-refractivity contribution in [1.82, 2.24) is 20.2 Å². The first-order valence-corrected chi connectivity index (χ1v) is 6.97. The van der Waals surface area contributed by atoms with Crippen molar-refractivity contribution in [3.8, 4) is 0 Å². The highest BCUT2D eigenvalue weighted by Gasteiger charge is 2.27. The summed E-state index contributed by atoms with van der Waals surface area (Å²) in [5.74, 6) is -0.364. The summed E-state index contributed by atoms with van der Waals surface area (Å²) >= 11 is 1.39. The van der Waals surface area contributed by atoms with E-state index in [0.29, 0.717) is 22.5 Å². The average Bonchev–Trinajstić information content (AvgIpc) is 3.15. The Bertz CT molecular complexity index is 658. The molecule has 0 radical (unpaired) electrons. The van der Waals surface area contributed by atoms with E-state index < -0.39 is 16.4 Å². The Kier molecular flexibility index (Phi) is 3.35. The third-order valence-electron chi connectivity index (χ3n) is 2.93. The van der Waals surface area contributed by atoms with Crippen LogP contribution in [-0.4, -0.2) is 25.1 Å². The van der Waals surface area contributed by atoms with Gasteiger partial charge in [-0.25, -0.2) is 4.68 Å². The molecule has 1 aromatic heterocycles. The lowest BCUT2D eigenvalue weighted by Gasteiger charge is -2.03. The number of halogens is 1. The van der Waals surface area contributed by atoms with Crippen LogP contribution in [0.5, 0.6) is 0 Å². The molecule has 1 aromatic carbocycles. The molecule has 0 bridgehead atoms. The summed E-state index contributed by atoms with van der Waals surface area (Å²) in [4.78, 5) is 9.80. The van der Waals surface area contributed by atoms with Crippen LogP contribution >= 0.6 is 11.8 Å². The van der Waals surface area contributed by atoms with E-state index >= 15 is 0 Å². The van der Waals surface area contributed by atoms with Crippen LogP contribution in [0.2, 0.25) is 0 Å². The summed E-state index contributed by atoms with van der Waals surface area (Å²) in [5.41, 5.74) is 0.144. The molecular weight excluding hydrogens is 285 g/mol. The van der Waals surface area contributed by atoms with Gasteiger partial charge in [-0.15, -0.1) is 5.10 Å². The first-order chi connectivity index (χ1) is 9.65. The monoisotopic (exact) mass is 295 g/mol. The van der Waals surface area contributed by atoms with Crippen molar-refractivity contribution in [3.05, 3.63) is 39.7 Å². The topological polar surface area (TPSA) is 86.7 Å². The second kappa shape index (κ2) is 5.16. The quantitative estimate of drug-likeness (QED) is 0.478.